The lowest BCUT2D eigenvalue weighted by Crippen LogP contribution is -2.55. The van der Waals surface area contributed by atoms with Gasteiger partial charge in [0.15, 0.2) is 0 Å². The summed E-state index contributed by atoms with van der Waals surface area (Å²) in [6, 6.07) is 0. The topological polar surface area (TPSA) is 77.8 Å². The Balaban J connectivity index is 0.000000399. The fourth-order valence-electron chi connectivity index (χ4n) is 1.04. The summed E-state index contributed by atoms with van der Waals surface area (Å²) >= 11 is 0. The van der Waals surface area contributed by atoms with E-state index in [0.717, 1.165) is 6.08 Å². The Morgan fingerprint density at radius 1 is 1.21 bits per heavy atom. The second kappa shape index (κ2) is 6.45. The molecular weight excluding hydrogens is 281 g/mol. The third-order valence-electron chi connectivity index (χ3n) is 1.78. The molecule has 0 radical (unpaired) electrons. The Hall–Kier alpha value is -1.71. The van der Waals surface area contributed by atoms with Gasteiger partial charge in [-0.2, -0.15) is 13.2 Å². The van der Waals surface area contributed by atoms with Gasteiger partial charge in [-0.1, -0.05) is 6.08 Å². The Labute approximate surface area is 103 Å². The summed E-state index contributed by atoms with van der Waals surface area (Å²) in [5, 5.41) is 15.3. The van der Waals surface area contributed by atoms with Crippen LogP contribution in [0, 0.1) is 0 Å². The van der Waals surface area contributed by atoms with Crippen molar-refractivity contribution in [2.24, 2.45) is 0 Å². The number of halogens is 5. The van der Waals surface area contributed by atoms with Crippen LogP contribution in [-0.2, 0) is 9.59 Å². The van der Waals surface area contributed by atoms with Crippen LogP contribution in [0.3, 0.4) is 0 Å². The summed E-state index contributed by atoms with van der Waals surface area (Å²) in [6.07, 6.45) is -2.77. The highest BCUT2D eigenvalue weighted by molar-refractivity contribution is 5.79. The number of hydrogen-bond donors (Lipinski definition) is 2. The molecule has 0 aromatic heterocycles. The number of likely N-dealkylation sites (tertiary alicyclic amines) is 1. The van der Waals surface area contributed by atoms with Gasteiger partial charge in [0.25, 0.3) is 5.92 Å². The van der Waals surface area contributed by atoms with Crippen LogP contribution >= 0.6 is 0 Å². The quantitative estimate of drug-likeness (QED) is 0.603. The summed E-state index contributed by atoms with van der Waals surface area (Å²) in [5.41, 5.74) is 0. The fourth-order valence-corrected chi connectivity index (χ4v) is 1.04. The van der Waals surface area contributed by atoms with Crippen molar-refractivity contribution >= 4 is 11.9 Å². The minimum atomic E-state index is -5.08. The molecule has 1 heterocycles. The van der Waals surface area contributed by atoms with Crippen molar-refractivity contribution in [1.29, 1.82) is 0 Å². The number of aliphatic carboxylic acids is 2. The lowest BCUT2D eigenvalue weighted by molar-refractivity contribution is -0.192. The Bertz CT molecular complexity index is 358. The summed E-state index contributed by atoms with van der Waals surface area (Å²) in [4.78, 5) is 20.3. The van der Waals surface area contributed by atoms with Gasteiger partial charge in [0, 0.05) is 12.6 Å². The van der Waals surface area contributed by atoms with Crippen LogP contribution in [0.4, 0.5) is 22.0 Å². The third-order valence-corrected chi connectivity index (χ3v) is 1.78. The minimum absolute atomic E-state index is 0.267. The number of alkyl halides is 5. The molecule has 1 fully saturated rings. The molecule has 0 aromatic rings. The summed E-state index contributed by atoms with van der Waals surface area (Å²) < 4.78 is 56.1. The monoisotopic (exact) mass is 291 g/mol. The third kappa shape index (κ3) is 8.08. The van der Waals surface area contributed by atoms with E-state index in [-0.39, 0.29) is 19.6 Å². The number of carboxylic acid groups (broad SMARTS) is 2. The van der Waals surface area contributed by atoms with Crippen molar-refractivity contribution in [2.45, 2.75) is 12.1 Å². The number of carboxylic acids is 2. The van der Waals surface area contributed by atoms with Crippen LogP contribution in [-0.4, -0.2) is 58.8 Å². The molecule has 5 nitrogen and oxygen atoms in total. The molecule has 1 aliphatic rings. The van der Waals surface area contributed by atoms with Crippen molar-refractivity contribution in [3.05, 3.63) is 12.2 Å². The maximum Gasteiger partial charge on any atom is 0.490 e. The van der Waals surface area contributed by atoms with Crippen LogP contribution in [0.1, 0.15) is 0 Å². The molecule has 0 unspecified atom stereocenters. The summed E-state index contributed by atoms with van der Waals surface area (Å²) in [6.45, 7) is -0.254. The van der Waals surface area contributed by atoms with Crippen molar-refractivity contribution in [2.75, 3.05) is 19.6 Å². The fraction of sp³-hybridized carbons (Fsp3) is 0.556. The molecule has 0 bridgehead atoms. The van der Waals surface area contributed by atoms with E-state index in [0.29, 0.717) is 0 Å². The molecule has 19 heavy (non-hydrogen) atoms. The van der Waals surface area contributed by atoms with Crippen LogP contribution in [0.2, 0.25) is 0 Å². The van der Waals surface area contributed by atoms with Crippen LogP contribution in [0.5, 0.6) is 0 Å². The Kier molecular flexibility index (Phi) is 5.87. The first-order valence-electron chi connectivity index (χ1n) is 4.74. The minimum Gasteiger partial charge on any atom is -0.478 e. The van der Waals surface area contributed by atoms with Gasteiger partial charge in [0.1, 0.15) is 0 Å². The van der Waals surface area contributed by atoms with Gasteiger partial charge in [-0.15, -0.1) is 0 Å². The molecule has 1 saturated heterocycles. The molecule has 0 spiro atoms. The highest BCUT2D eigenvalue weighted by Gasteiger charge is 2.42. The Morgan fingerprint density at radius 3 is 1.89 bits per heavy atom. The van der Waals surface area contributed by atoms with Gasteiger partial charge in [-0.05, 0) is 0 Å². The predicted molar refractivity (Wildman–Crippen MR) is 51.9 cm³/mol. The van der Waals surface area contributed by atoms with Gasteiger partial charge in [0.05, 0.1) is 13.1 Å². The molecule has 1 aliphatic heterocycles. The molecule has 1 rings (SSSR count). The second-order valence-corrected chi connectivity index (χ2v) is 3.57. The highest BCUT2D eigenvalue weighted by Crippen LogP contribution is 2.25. The second-order valence-electron chi connectivity index (χ2n) is 3.57. The number of hydrogen-bond acceptors (Lipinski definition) is 3. The van der Waals surface area contributed by atoms with Gasteiger partial charge >= 0.3 is 18.1 Å². The first-order chi connectivity index (χ1) is 8.44. The molecular formula is C9H10F5NO4. The van der Waals surface area contributed by atoms with Crippen LogP contribution < -0.4 is 0 Å². The predicted octanol–water partition coefficient (Wildman–Crippen LogP) is 1.21. The van der Waals surface area contributed by atoms with Gasteiger partial charge < -0.3 is 10.2 Å². The highest BCUT2D eigenvalue weighted by atomic mass is 19.4. The van der Waals surface area contributed by atoms with Crippen molar-refractivity contribution in [3.8, 4) is 0 Å². The largest absolute Gasteiger partial charge is 0.490 e. The average molecular weight is 291 g/mol. The number of carbonyl (C=O) groups is 2. The number of rotatable bonds is 3. The van der Waals surface area contributed by atoms with Crippen LogP contribution in [0.25, 0.3) is 0 Å². The lowest BCUT2D eigenvalue weighted by Gasteiger charge is -2.37. The lowest BCUT2D eigenvalue weighted by atomic mass is 10.1. The van der Waals surface area contributed by atoms with E-state index >= 15 is 0 Å². The Morgan fingerprint density at radius 2 is 1.63 bits per heavy atom. The maximum atomic E-state index is 12.2. The van der Waals surface area contributed by atoms with E-state index in [9.17, 15) is 26.7 Å². The molecule has 2 N–H and O–H groups in total. The van der Waals surface area contributed by atoms with Gasteiger partial charge in [0.2, 0.25) is 0 Å². The van der Waals surface area contributed by atoms with Gasteiger partial charge in [-0.25, -0.2) is 18.4 Å². The maximum absolute atomic E-state index is 12.2. The summed E-state index contributed by atoms with van der Waals surface area (Å²) in [7, 11) is 0. The molecule has 110 valence electrons. The van der Waals surface area contributed by atoms with E-state index < -0.39 is 24.0 Å². The van der Waals surface area contributed by atoms with Crippen LogP contribution in [0.15, 0.2) is 12.2 Å². The molecule has 10 heteroatoms. The van der Waals surface area contributed by atoms with Crippen molar-refractivity contribution in [1.82, 2.24) is 4.90 Å². The molecule has 0 atom stereocenters. The van der Waals surface area contributed by atoms with Crippen molar-refractivity contribution < 1.29 is 41.8 Å². The zero-order valence-corrected chi connectivity index (χ0v) is 9.32. The smallest absolute Gasteiger partial charge is 0.478 e. The van der Waals surface area contributed by atoms with E-state index in [1.54, 1.807) is 0 Å². The average Bonchev–Trinajstić information content (AvgIpc) is 2.13. The first-order valence-corrected chi connectivity index (χ1v) is 4.74. The standard InChI is InChI=1S/C7H9F2NO2.C2HF3O2/c8-7(9)4-10(5-7)3-1-2-6(11)12;3-2(4,5)1(6)7/h1-2H,3-5H2,(H,11,12);(H,6,7)/b2-1+;. The van der Waals surface area contributed by atoms with E-state index in [1.165, 1.54) is 11.0 Å². The van der Waals surface area contributed by atoms with E-state index in [2.05, 4.69) is 0 Å². The molecule has 0 aliphatic carbocycles. The molecule has 0 aromatic carbocycles. The first kappa shape index (κ1) is 17.3. The van der Waals surface area contributed by atoms with E-state index in [1.807, 2.05) is 0 Å². The van der Waals surface area contributed by atoms with Crippen molar-refractivity contribution in [3.63, 3.8) is 0 Å². The SMILES string of the molecule is O=C(O)/C=C/CN1CC(F)(F)C1.O=C(O)C(F)(F)F. The van der Waals surface area contributed by atoms with E-state index in [4.69, 9.17) is 15.0 Å². The number of nitrogens with zero attached hydrogens (tertiary/aromatic N) is 1. The summed E-state index contributed by atoms with van der Waals surface area (Å²) in [5.74, 6) is -6.38. The normalized spacial score (nSPS) is 18.4. The zero-order valence-electron chi connectivity index (χ0n) is 9.32. The zero-order chi connectivity index (χ0) is 15.3. The molecule has 0 saturated carbocycles. The molecule has 0 amide bonds. The van der Waals surface area contributed by atoms with Gasteiger partial charge in [-0.3, -0.25) is 4.90 Å².